The van der Waals surface area contributed by atoms with Gasteiger partial charge in [-0.3, -0.25) is 4.98 Å². The Labute approximate surface area is 99.1 Å². The lowest BCUT2D eigenvalue weighted by atomic mass is 10.2. The lowest BCUT2D eigenvalue weighted by Gasteiger charge is -2.28. The van der Waals surface area contributed by atoms with Crippen LogP contribution in [0.5, 0.6) is 0 Å². The fourth-order valence-electron chi connectivity index (χ4n) is 2.01. The van der Waals surface area contributed by atoms with Crippen molar-refractivity contribution in [3.05, 3.63) is 36.2 Å². The summed E-state index contributed by atoms with van der Waals surface area (Å²) in [5.74, 6) is 0.999. The van der Waals surface area contributed by atoms with Gasteiger partial charge in [0.25, 0.3) is 0 Å². The lowest BCUT2D eigenvalue weighted by molar-refractivity contribution is 0.559. The van der Waals surface area contributed by atoms with Gasteiger partial charge in [-0.15, -0.1) is 10.2 Å². The molecule has 0 bridgehead atoms. The summed E-state index contributed by atoms with van der Waals surface area (Å²) < 4.78 is 2.08. The summed E-state index contributed by atoms with van der Waals surface area (Å²) in [6.07, 6.45) is 3.65. The molecule has 2 N–H and O–H groups in total. The second kappa shape index (κ2) is 4.14. The van der Waals surface area contributed by atoms with Crippen molar-refractivity contribution < 1.29 is 0 Å². The van der Waals surface area contributed by atoms with Crippen molar-refractivity contribution >= 4 is 5.69 Å². The molecule has 6 nitrogen and oxygen atoms in total. The Morgan fingerprint density at radius 2 is 2.24 bits per heavy atom. The van der Waals surface area contributed by atoms with Crippen molar-refractivity contribution in [2.75, 3.05) is 11.4 Å². The lowest BCUT2D eigenvalue weighted by Crippen LogP contribution is -2.33. The zero-order valence-electron chi connectivity index (χ0n) is 9.45. The average molecular weight is 230 g/mol. The van der Waals surface area contributed by atoms with E-state index < -0.39 is 0 Å². The van der Waals surface area contributed by atoms with Gasteiger partial charge in [0.2, 0.25) is 0 Å². The van der Waals surface area contributed by atoms with Gasteiger partial charge in [0.15, 0.2) is 5.82 Å². The minimum absolute atomic E-state index is 0.481. The molecule has 0 unspecified atom stereocenters. The molecule has 0 saturated carbocycles. The molecular weight excluding hydrogens is 216 g/mol. The molecule has 0 atom stereocenters. The zero-order valence-corrected chi connectivity index (χ0v) is 9.45. The highest BCUT2D eigenvalue weighted by molar-refractivity contribution is 5.45. The van der Waals surface area contributed by atoms with Gasteiger partial charge < -0.3 is 15.2 Å². The predicted octanol–water partition coefficient (Wildman–Crippen LogP) is 0.152. The first-order valence-corrected chi connectivity index (χ1v) is 5.63. The largest absolute Gasteiger partial charge is 0.361 e. The van der Waals surface area contributed by atoms with Crippen LogP contribution in [0.15, 0.2) is 24.7 Å². The number of hydrogen-bond acceptors (Lipinski definition) is 5. The van der Waals surface area contributed by atoms with E-state index in [0.717, 1.165) is 36.8 Å². The molecule has 88 valence electrons. The van der Waals surface area contributed by atoms with Crippen molar-refractivity contribution in [1.82, 2.24) is 19.7 Å². The number of fused-ring (bicyclic) bond motifs is 1. The molecule has 0 radical (unpaired) electrons. The van der Waals surface area contributed by atoms with Crippen LogP contribution in [0.3, 0.4) is 0 Å². The van der Waals surface area contributed by atoms with Gasteiger partial charge in [0, 0.05) is 19.6 Å². The van der Waals surface area contributed by atoms with E-state index in [1.165, 1.54) is 0 Å². The van der Waals surface area contributed by atoms with Gasteiger partial charge in [-0.2, -0.15) is 0 Å². The van der Waals surface area contributed by atoms with Crippen LogP contribution in [0, 0.1) is 0 Å². The molecule has 6 heteroatoms. The first-order chi connectivity index (χ1) is 8.36. The Bertz CT molecular complexity index is 503. The van der Waals surface area contributed by atoms with Gasteiger partial charge in [-0.25, -0.2) is 0 Å². The summed E-state index contributed by atoms with van der Waals surface area (Å²) in [6.45, 7) is 3.13. The highest BCUT2D eigenvalue weighted by Gasteiger charge is 2.17. The molecule has 17 heavy (non-hydrogen) atoms. The molecule has 2 aromatic rings. The zero-order chi connectivity index (χ0) is 11.7. The standard InChI is InChI=1S/C11H14N6/c12-5-9-1-2-10(6-13-9)16-3-4-17-8-14-15-11(17)7-16/h1-2,6,8H,3-5,7,12H2. The van der Waals surface area contributed by atoms with Crippen LogP contribution in [0.1, 0.15) is 11.5 Å². The predicted molar refractivity (Wildman–Crippen MR) is 63.2 cm³/mol. The maximum absolute atomic E-state index is 5.53. The molecule has 2 aromatic heterocycles. The van der Waals surface area contributed by atoms with Gasteiger partial charge in [0.05, 0.1) is 24.1 Å². The topological polar surface area (TPSA) is 72.9 Å². The number of aromatic nitrogens is 4. The van der Waals surface area contributed by atoms with Crippen LogP contribution in [0.4, 0.5) is 5.69 Å². The van der Waals surface area contributed by atoms with E-state index in [2.05, 4.69) is 30.7 Å². The molecule has 1 aliphatic heterocycles. The molecule has 3 rings (SSSR count). The van der Waals surface area contributed by atoms with Crippen LogP contribution in [0.25, 0.3) is 0 Å². The molecule has 0 aliphatic carbocycles. The Hall–Kier alpha value is -1.95. The third-order valence-electron chi connectivity index (χ3n) is 3.02. The molecule has 0 fully saturated rings. The Kier molecular flexibility index (Phi) is 2.49. The Morgan fingerprint density at radius 1 is 1.29 bits per heavy atom. The van der Waals surface area contributed by atoms with Crippen molar-refractivity contribution in [2.24, 2.45) is 5.73 Å². The molecule has 0 spiro atoms. The SMILES string of the molecule is NCc1ccc(N2CCn3cnnc3C2)cn1. The normalized spacial score (nSPS) is 14.8. The number of rotatable bonds is 2. The maximum Gasteiger partial charge on any atom is 0.152 e. The number of anilines is 1. The van der Waals surface area contributed by atoms with E-state index in [0.29, 0.717) is 6.54 Å². The monoisotopic (exact) mass is 230 g/mol. The number of nitrogens with two attached hydrogens (primary N) is 1. The van der Waals surface area contributed by atoms with E-state index in [4.69, 9.17) is 5.73 Å². The van der Waals surface area contributed by atoms with Crippen LogP contribution in [-0.2, 0) is 19.6 Å². The van der Waals surface area contributed by atoms with Crippen LogP contribution >= 0.6 is 0 Å². The summed E-state index contributed by atoms with van der Waals surface area (Å²) in [5.41, 5.74) is 7.55. The van der Waals surface area contributed by atoms with Crippen molar-refractivity contribution in [3.63, 3.8) is 0 Å². The van der Waals surface area contributed by atoms with Crippen LogP contribution in [0.2, 0.25) is 0 Å². The first-order valence-electron chi connectivity index (χ1n) is 5.63. The van der Waals surface area contributed by atoms with Crippen LogP contribution in [-0.4, -0.2) is 26.3 Å². The quantitative estimate of drug-likeness (QED) is 0.795. The highest BCUT2D eigenvalue weighted by atomic mass is 15.3. The van der Waals surface area contributed by atoms with E-state index in [-0.39, 0.29) is 0 Å². The smallest absolute Gasteiger partial charge is 0.152 e. The van der Waals surface area contributed by atoms with Crippen molar-refractivity contribution in [1.29, 1.82) is 0 Å². The molecule has 1 aliphatic rings. The fourth-order valence-corrected chi connectivity index (χ4v) is 2.01. The number of nitrogens with zero attached hydrogens (tertiary/aromatic N) is 5. The van der Waals surface area contributed by atoms with E-state index in [1.54, 1.807) is 6.33 Å². The molecular formula is C11H14N6. The minimum atomic E-state index is 0.481. The van der Waals surface area contributed by atoms with E-state index in [9.17, 15) is 0 Å². The van der Waals surface area contributed by atoms with E-state index >= 15 is 0 Å². The van der Waals surface area contributed by atoms with Crippen molar-refractivity contribution in [2.45, 2.75) is 19.6 Å². The Balaban J connectivity index is 1.81. The molecule has 0 amide bonds. The fraction of sp³-hybridized carbons (Fsp3) is 0.364. The summed E-state index contributed by atoms with van der Waals surface area (Å²) in [7, 11) is 0. The second-order valence-corrected chi connectivity index (χ2v) is 4.07. The van der Waals surface area contributed by atoms with Gasteiger partial charge in [-0.05, 0) is 12.1 Å². The first kappa shape index (κ1) is 10.2. The molecule has 0 aromatic carbocycles. The third-order valence-corrected chi connectivity index (χ3v) is 3.02. The summed E-state index contributed by atoms with van der Waals surface area (Å²) in [5, 5.41) is 8.01. The molecule has 0 saturated heterocycles. The second-order valence-electron chi connectivity index (χ2n) is 4.07. The summed E-state index contributed by atoms with van der Waals surface area (Å²) >= 11 is 0. The average Bonchev–Trinajstić information content (AvgIpc) is 2.86. The van der Waals surface area contributed by atoms with Gasteiger partial charge >= 0.3 is 0 Å². The number of hydrogen-bond donors (Lipinski definition) is 1. The van der Waals surface area contributed by atoms with Gasteiger partial charge in [0.1, 0.15) is 6.33 Å². The minimum Gasteiger partial charge on any atom is -0.361 e. The highest BCUT2D eigenvalue weighted by Crippen LogP contribution is 2.18. The Morgan fingerprint density at radius 3 is 3.00 bits per heavy atom. The maximum atomic E-state index is 5.53. The number of pyridine rings is 1. The summed E-state index contributed by atoms with van der Waals surface area (Å²) in [6, 6.07) is 4.02. The molecule has 3 heterocycles. The third kappa shape index (κ3) is 1.87. The summed E-state index contributed by atoms with van der Waals surface area (Å²) in [4.78, 5) is 6.55. The van der Waals surface area contributed by atoms with E-state index in [1.807, 2.05) is 12.3 Å². The van der Waals surface area contributed by atoms with Gasteiger partial charge in [-0.1, -0.05) is 0 Å². The van der Waals surface area contributed by atoms with Crippen LogP contribution < -0.4 is 10.6 Å². The van der Waals surface area contributed by atoms with Crippen molar-refractivity contribution in [3.8, 4) is 0 Å².